The molecule has 24 heteroatoms. The molecule has 0 aliphatic carbocycles. The van der Waals surface area contributed by atoms with Crippen LogP contribution in [-0.4, -0.2) is 57.3 Å². The van der Waals surface area contributed by atoms with Gasteiger partial charge in [0.05, 0.1) is 13.2 Å². The van der Waals surface area contributed by atoms with Crippen LogP contribution in [0.1, 0.15) is 17.5 Å². The number of benzene rings is 2. The number of rotatable bonds is 14. The number of halogens is 12. The van der Waals surface area contributed by atoms with Crippen molar-refractivity contribution < 1.29 is 88.4 Å². The number of hydrogen-bond donors (Lipinski definition) is 0. The number of hydrogen-bond acceptors (Lipinski definition) is 11. The Labute approximate surface area is 247 Å². The lowest BCUT2D eigenvalue weighted by Crippen LogP contribution is -2.28. The molecule has 0 aliphatic rings. The maximum absolute atomic E-state index is 13.2. The van der Waals surface area contributed by atoms with Crippen molar-refractivity contribution in [3.8, 4) is 11.5 Å². The molecule has 0 atom stereocenters. The van der Waals surface area contributed by atoms with Gasteiger partial charge in [-0.15, -0.1) is 22.4 Å². The highest BCUT2D eigenvalue weighted by Gasteiger charge is 2.50. The molecule has 0 bridgehead atoms. The molecule has 2 aromatic rings. The molecule has 2 rings (SSSR count). The monoisotopic (exact) mass is 714 g/mol. The van der Waals surface area contributed by atoms with Crippen LogP contribution in [-0.2, 0) is 27.9 Å². The fourth-order valence-electron chi connectivity index (χ4n) is 2.64. The Morgan fingerprint density at radius 3 is 1.47 bits per heavy atom. The summed E-state index contributed by atoms with van der Waals surface area (Å²) in [5, 5.41) is 4.79. The first-order valence-corrected chi connectivity index (χ1v) is 13.2. The van der Waals surface area contributed by atoms with E-state index in [9.17, 15) is 61.1 Å². The first-order chi connectivity index (χ1) is 20.6. The van der Waals surface area contributed by atoms with E-state index >= 15 is 0 Å². The van der Waals surface area contributed by atoms with Crippen LogP contribution < -0.4 is 9.47 Å². The predicted octanol–water partition coefficient (Wildman–Crippen LogP) is 6.98. The van der Waals surface area contributed by atoms with E-state index < -0.39 is 69.2 Å². The Morgan fingerprint density at radius 1 is 0.667 bits per heavy atom. The summed E-state index contributed by atoms with van der Waals surface area (Å²) < 4.78 is 194. The molecule has 0 spiro atoms. The zero-order valence-corrected chi connectivity index (χ0v) is 22.9. The molecular formula is C21H14F12N2O8S2. The van der Waals surface area contributed by atoms with Crippen LogP contribution in [0.3, 0.4) is 0 Å². The molecule has 0 saturated carbocycles. The van der Waals surface area contributed by atoms with E-state index in [0.29, 0.717) is 0 Å². The van der Waals surface area contributed by atoms with Gasteiger partial charge < -0.3 is 9.47 Å². The largest absolute Gasteiger partial charge is 0.550 e. The van der Waals surface area contributed by atoms with Gasteiger partial charge in [0.2, 0.25) is 0 Å². The minimum Gasteiger partial charge on any atom is -0.493 e. The van der Waals surface area contributed by atoms with E-state index in [1.807, 2.05) is 0 Å². The van der Waals surface area contributed by atoms with Gasteiger partial charge in [0, 0.05) is 17.5 Å². The second-order valence-corrected chi connectivity index (χ2v) is 9.63. The normalized spacial score (nSPS) is 13.9. The second-order valence-electron chi connectivity index (χ2n) is 7.69. The highest BCUT2D eigenvalue weighted by atomic mass is 32.2. The number of ether oxygens (including phenoxy) is 2. The molecule has 0 unspecified atom stereocenters. The van der Waals surface area contributed by atoms with Gasteiger partial charge in [-0.05, 0) is 48.5 Å². The zero-order valence-electron chi connectivity index (χ0n) is 21.3. The molecule has 0 aromatic heterocycles. The summed E-state index contributed by atoms with van der Waals surface area (Å²) in [5.41, 5.74) is -11.1. The Kier molecular flexibility index (Phi) is 12.6. The van der Waals surface area contributed by atoms with Crippen LogP contribution in [0.15, 0.2) is 58.8 Å². The zero-order chi connectivity index (χ0) is 34.1. The average molecular weight is 714 g/mol. The van der Waals surface area contributed by atoms with Gasteiger partial charge in [-0.25, -0.2) is 0 Å². The van der Waals surface area contributed by atoms with Crippen LogP contribution in [0, 0.1) is 0 Å². The molecule has 0 N–H and O–H groups in total. The third kappa shape index (κ3) is 12.7. The van der Waals surface area contributed by atoms with Crippen molar-refractivity contribution >= 4 is 33.9 Å². The summed E-state index contributed by atoms with van der Waals surface area (Å²) in [4.78, 5) is 2.82. The summed E-state index contributed by atoms with van der Waals surface area (Å²) in [6.07, 6.45) is -15.6. The highest BCUT2D eigenvalue weighted by Crippen LogP contribution is 2.29. The molecule has 0 fully saturated rings. The minimum absolute atomic E-state index is 0.0248. The maximum atomic E-state index is 13.2. The van der Waals surface area contributed by atoms with Gasteiger partial charge in [-0.3, -0.25) is 8.57 Å². The lowest BCUT2D eigenvalue weighted by molar-refractivity contribution is -0.441. The SMILES string of the molecule is O=S(=O)(ON=C(c1ccc(OCCCOc2ccc(C(=NOSOOC(F)(F)F)C(F)(F)F)cc2)cc1)C(F)(F)F)C(F)(F)F. The van der Waals surface area contributed by atoms with E-state index in [0.717, 1.165) is 48.5 Å². The Morgan fingerprint density at radius 2 is 1.09 bits per heavy atom. The summed E-state index contributed by atoms with van der Waals surface area (Å²) in [5.74, 6) is 0.0405. The molecular weight excluding hydrogens is 700 g/mol. The predicted molar refractivity (Wildman–Crippen MR) is 127 cm³/mol. The van der Waals surface area contributed by atoms with Gasteiger partial charge in [0.1, 0.15) is 11.5 Å². The van der Waals surface area contributed by atoms with Crippen molar-refractivity contribution in [2.24, 2.45) is 10.3 Å². The quantitative estimate of drug-likeness (QED) is 0.0389. The van der Waals surface area contributed by atoms with Crippen molar-refractivity contribution in [1.29, 1.82) is 0 Å². The lowest BCUT2D eigenvalue weighted by atomic mass is 10.1. The van der Waals surface area contributed by atoms with E-state index in [-0.39, 0.29) is 31.1 Å². The molecule has 0 aliphatic heterocycles. The maximum Gasteiger partial charge on any atom is 0.550 e. The van der Waals surface area contributed by atoms with Crippen LogP contribution in [0.2, 0.25) is 0 Å². The Hall–Kier alpha value is -3.64. The smallest absolute Gasteiger partial charge is 0.493 e. The third-order valence-corrected chi connectivity index (χ3v) is 5.54. The Balaban J connectivity index is 1.90. The number of nitrogens with zero attached hydrogens (tertiary/aromatic N) is 2. The van der Waals surface area contributed by atoms with Crippen molar-refractivity contribution in [2.75, 3.05) is 13.2 Å². The molecule has 252 valence electrons. The van der Waals surface area contributed by atoms with Gasteiger partial charge in [-0.2, -0.15) is 47.9 Å². The van der Waals surface area contributed by atoms with Crippen molar-refractivity contribution in [3.05, 3.63) is 59.7 Å². The fourth-order valence-corrected chi connectivity index (χ4v) is 3.13. The number of oxime groups is 2. The molecule has 45 heavy (non-hydrogen) atoms. The first-order valence-electron chi connectivity index (χ1n) is 11.1. The minimum atomic E-state index is -6.45. The van der Waals surface area contributed by atoms with E-state index in [1.54, 1.807) is 0 Å². The summed E-state index contributed by atoms with van der Waals surface area (Å²) in [6, 6.07) is 7.36. The molecule has 0 saturated heterocycles. The highest BCUT2D eigenvalue weighted by molar-refractivity contribution is 7.89. The third-order valence-electron chi connectivity index (χ3n) is 4.44. The van der Waals surface area contributed by atoms with Crippen molar-refractivity contribution in [1.82, 2.24) is 0 Å². The second kappa shape index (κ2) is 15.1. The van der Waals surface area contributed by atoms with Gasteiger partial charge in [0.15, 0.2) is 11.4 Å². The lowest BCUT2D eigenvalue weighted by Gasteiger charge is -2.12. The topological polar surface area (TPSA) is 114 Å². The number of alkyl halides is 12. The molecule has 0 amide bonds. The van der Waals surface area contributed by atoms with Crippen molar-refractivity contribution in [3.63, 3.8) is 0 Å². The molecule has 0 radical (unpaired) electrons. The van der Waals surface area contributed by atoms with Crippen LogP contribution in [0.25, 0.3) is 0 Å². The van der Waals surface area contributed by atoms with E-state index in [4.69, 9.17) is 9.47 Å². The molecule has 2 aromatic carbocycles. The van der Waals surface area contributed by atoms with Gasteiger partial charge in [-0.1, -0.05) is 10.3 Å². The van der Waals surface area contributed by atoms with E-state index in [2.05, 4.69) is 28.1 Å². The summed E-state index contributed by atoms with van der Waals surface area (Å²) in [7, 11) is -6.45. The van der Waals surface area contributed by atoms with Crippen LogP contribution in [0.5, 0.6) is 11.5 Å². The van der Waals surface area contributed by atoms with Crippen LogP contribution in [0.4, 0.5) is 52.7 Å². The van der Waals surface area contributed by atoms with Crippen LogP contribution >= 0.6 is 12.3 Å². The van der Waals surface area contributed by atoms with Crippen molar-refractivity contribution in [2.45, 2.75) is 30.6 Å². The van der Waals surface area contributed by atoms with Gasteiger partial charge in [0.25, 0.3) is 12.3 Å². The summed E-state index contributed by atoms with van der Waals surface area (Å²) in [6.45, 7) is -0.186. The summed E-state index contributed by atoms with van der Waals surface area (Å²) >= 11 is -0.633. The van der Waals surface area contributed by atoms with E-state index in [1.165, 1.54) is 0 Å². The molecule has 0 heterocycles. The average Bonchev–Trinajstić information content (AvgIpc) is 2.89. The Bertz CT molecular complexity index is 1410. The first kappa shape index (κ1) is 37.5. The fraction of sp³-hybridized carbons (Fsp3) is 0.333. The van der Waals surface area contributed by atoms with Gasteiger partial charge >= 0.3 is 34.3 Å². The molecule has 10 nitrogen and oxygen atoms in total. The standard InChI is InChI=1S/C21H14F12N2O8S2/c22-18(23,24)16(34-41-44-43-40-20(28,29)30)12-2-6-14(7-3-12)38-10-1-11-39-15-8-4-13(5-9-15)17(19(25,26)27)35-42-45(36,37)21(31,32)33/h2-9H,1,10-11H2.